The standard InChI is InChI=1S/C20H20N2O4/c1-13(23)14-9-10-17(26-3)15(11-14)12-22-18(24)20(2,21-19(22)25)16-7-5-4-6-8-16/h4-11H,12H2,1-3H3,(H,21,25). The van der Waals surface area contributed by atoms with Crippen LogP contribution in [0.5, 0.6) is 5.75 Å². The fourth-order valence-electron chi connectivity index (χ4n) is 3.10. The molecule has 26 heavy (non-hydrogen) atoms. The van der Waals surface area contributed by atoms with E-state index in [4.69, 9.17) is 4.74 Å². The van der Waals surface area contributed by atoms with Crippen molar-refractivity contribution in [2.75, 3.05) is 7.11 Å². The van der Waals surface area contributed by atoms with E-state index in [0.717, 1.165) is 4.90 Å². The van der Waals surface area contributed by atoms with E-state index in [1.54, 1.807) is 37.3 Å². The highest BCUT2D eigenvalue weighted by molar-refractivity contribution is 6.07. The van der Waals surface area contributed by atoms with Crippen LogP contribution in [0.4, 0.5) is 4.79 Å². The van der Waals surface area contributed by atoms with Crippen molar-refractivity contribution in [1.82, 2.24) is 10.2 Å². The van der Waals surface area contributed by atoms with Crippen molar-refractivity contribution in [1.29, 1.82) is 0 Å². The molecule has 2 aromatic rings. The number of carbonyl (C=O) groups excluding carboxylic acids is 3. The van der Waals surface area contributed by atoms with Crippen molar-refractivity contribution in [3.63, 3.8) is 0 Å². The summed E-state index contributed by atoms with van der Waals surface area (Å²) in [6, 6.07) is 13.6. The van der Waals surface area contributed by atoms with Gasteiger partial charge in [-0.15, -0.1) is 0 Å². The van der Waals surface area contributed by atoms with E-state index in [-0.39, 0.29) is 18.2 Å². The zero-order chi connectivity index (χ0) is 18.9. The zero-order valence-corrected chi connectivity index (χ0v) is 14.9. The molecule has 0 spiro atoms. The first-order chi connectivity index (χ1) is 12.4. The van der Waals surface area contributed by atoms with E-state index in [1.165, 1.54) is 14.0 Å². The summed E-state index contributed by atoms with van der Waals surface area (Å²) in [5.74, 6) is 0.0770. The van der Waals surface area contributed by atoms with Crippen LogP contribution in [0, 0.1) is 0 Å². The molecule has 134 valence electrons. The summed E-state index contributed by atoms with van der Waals surface area (Å²) in [5.41, 5.74) is 0.689. The van der Waals surface area contributed by atoms with Crippen molar-refractivity contribution in [3.05, 3.63) is 65.2 Å². The van der Waals surface area contributed by atoms with Crippen LogP contribution in [0.1, 0.15) is 35.3 Å². The van der Waals surface area contributed by atoms with E-state index in [0.29, 0.717) is 22.4 Å². The quantitative estimate of drug-likeness (QED) is 0.663. The van der Waals surface area contributed by atoms with Crippen molar-refractivity contribution < 1.29 is 19.1 Å². The number of methoxy groups -OCH3 is 1. The average Bonchev–Trinajstić information content (AvgIpc) is 2.86. The molecule has 0 radical (unpaired) electrons. The summed E-state index contributed by atoms with van der Waals surface area (Å²) in [6.45, 7) is 3.18. The van der Waals surface area contributed by atoms with Crippen molar-refractivity contribution in [2.24, 2.45) is 0 Å². The molecule has 1 saturated heterocycles. The number of ketones is 1. The minimum absolute atomic E-state index is 0.0252. The number of benzene rings is 2. The first kappa shape index (κ1) is 17.7. The van der Waals surface area contributed by atoms with Gasteiger partial charge in [-0.25, -0.2) is 4.79 Å². The predicted molar refractivity (Wildman–Crippen MR) is 95.9 cm³/mol. The molecule has 1 atom stereocenters. The molecule has 6 heteroatoms. The first-order valence-corrected chi connectivity index (χ1v) is 8.24. The third-order valence-electron chi connectivity index (χ3n) is 4.64. The van der Waals surface area contributed by atoms with Crippen molar-refractivity contribution in [2.45, 2.75) is 25.9 Å². The maximum Gasteiger partial charge on any atom is 0.325 e. The number of nitrogens with zero attached hydrogens (tertiary/aromatic N) is 1. The molecule has 0 aliphatic carbocycles. The molecule has 1 N–H and O–H groups in total. The number of nitrogens with one attached hydrogen (secondary N) is 1. The minimum Gasteiger partial charge on any atom is -0.496 e. The lowest BCUT2D eigenvalue weighted by molar-refractivity contribution is -0.131. The Morgan fingerprint density at radius 1 is 1.15 bits per heavy atom. The number of Topliss-reactive ketones (excluding diaryl/α,β-unsaturated/α-hetero) is 1. The van der Waals surface area contributed by atoms with Gasteiger partial charge in [-0.2, -0.15) is 0 Å². The zero-order valence-electron chi connectivity index (χ0n) is 14.9. The Bertz CT molecular complexity index is 879. The van der Waals surface area contributed by atoms with Crippen LogP contribution in [0.3, 0.4) is 0 Å². The second kappa shape index (κ2) is 6.63. The lowest BCUT2D eigenvalue weighted by Gasteiger charge is -2.22. The van der Waals surface area contributed by atoms with Gasteiger partial charge in [0.05, 0.1) is 13.7 Å². The molecule has 3 amide bonds. The number of hydrogen-bond donors (Lipinski definition) is 1. The molecule has 1 unspecified atom stereocenters. The molecular formula is C20H20N2O4. The fraction of sp³-hybridized carbons (Fsp3) is 0.250. The summed E-state index contributed by atoms with van der Waals surface area (Å²) in [4.78, 5) is 38.3. The first-order valence-electron chi connectivity index (χ1n) is 8.24. The van der Waals surface area contributed by atoms with Crippen LogP contribution in [0.2, 0.25) is 0 Å². The molecule has 1 aliphatic rings. The Morgan fingerprint density at radius 3 is 2.46 bits per heavy atom. The van der Waals surface area contributed by atoms with Crippen LogP contribution in [-0.4, -0.2) is 29.7 Å². The van der Waals surface area contributed by atoms with Gasteiger partial charge in [0.25, 0.3) is 5.91 Å². The van der Waals surface area contributed by atoms with Gasteiger partial charge in [-0.05, 0) is 37.6 Å². The molecule has 1 heterocycles. The van der Waals surface area contributed by atoms with Crippen LogP contribution in [0.15, 0.2) is 48.5 Å². The molecule has 1 fully saturated rings. The van der Waals surface area contributed by atoms with Crippen LogP contribution >= 0.6 is 0 Å². The van der Waals surface area contributed by atoms with Gasteiger partial charge in [-0.1, -0.05) is 30.3 Å². The largest absolute Gasteiger partial charge is 0.496 e. The van der Waals surface area contributed by atoms with E-state index in [1.807, 2.05) is 18.2 Å². The highest BCUT2D eigenvalue weighted by Gasteiger charge is 2.48. The van der Waals surface area contributed by atoms with Gasteiger partial charge in [0, 0.05) is 11.1 Å². The fourth-order valence-corrected chi connectivity index (χ4v) is 3.10. The summed E-state index contributed by atoms with van der Waals surface area (Å²) in [6.07, 6.45) is 0. The Balaban J connectivity index is 1.94. The Labute approximate surface area is 151 Å². The van der Waals surface area contributed by atoms with Gasteiger partial charge in [0.1, 0.15) is 11.3 Å². The van der Waals surface area contributed by atoms with E-state index >= 15 is 0 Å². The number of amides is 3. The number of urea groups is 1. The van der Waals surface area contributed by atoms with E-state index < -0.39 is 11.6 Å². The van der Waals surface area contributed by atoms with Crippen molar-refractivity contribution >= 4 is 17.7 Å². The second-order valence-electron chi connectivity index (χ2n) is 6.40. The highest BCUT2D eigenvalue weighted by Crippen LogP contribution is 2.31. The van der Waals surface area contributed by atoms with Gasteiger partial charge in [0.15, 0.2) is 5.78 Å². The van der Waals surface area contributed by atoms with E-state index in [2.05, 4.69) is 5.32 Å². The van der Waals surface area contributed by atoms with Crippen LogP contribution in [-0.2, 0) is 16.9 Å². The monoisotopic (exact) mass is 352 g/mol. The Kier molecular flexibility index (Phi) is 4.50. The molecule has 2 aromatic carbocycles. The number of carbonyl (C=O) groups is 3. The average molecular weight is 352 g/mol. The molecule has 3 rings (SSSR count). The lowest BCUT2D eigenvalue weighted by atomic mass is 9.92. The normalized spacial score (nSPS) is 19.4. The van der Waals surface area contributed by atoms with E-state index in [9.17, 15) is 14.4 Å². The molecule has 0 saturated carbocycles. The maximum atomic E-state index is 13.0. The Hall–Kier alpha value is -3.15. The third-order valence-corrected chi connectivity index (χ3v) is 4.64. The maximum absolute atomic E-state index is 13.0. The number of rotatable bonds is 5. The summed E-state index contributed by atoms with van der Waals surface area (Å²) >= 11 is 0. The van der Waals surface area contributed by atoms with Gasteiger partial charge >= 0.3 is 6.03 Å². The summed E-state index contributed by atoms with van der Waals surface area (Å²) in [7, 11) is 1.51. The van der Waals surface area contributed by atoms with Crippen molar-refractivity contribution in [3.8, 4) is 5.75 Å². The number of ether oxygens (including phenoxy) is 1. The molecule has 1 aliphatic heterocycles. The molecule has 0 bridgehead atoms. The topological polar surface area (TPSA) is 75.7 Å². The molecule has 0 aromatic heterocycles. The molecular weight excluding hydrogens is 332 g/mol. The summed E-state index contributed by atoms with van der Waals surface area (Å²) in [5, 5.41) is 2.77. The number of hydrogen-bond acceptors (Lipinski definition) is 4. The Morgan fingerprint density at radius 2 is 1.85 bits per heavy atom. The summed E-state index contributed by atoms with van der Waals surface area (Å²) < 4.78 is 5.32. The SMILES string of the molecule is COc1ccc(C(C)=O)cc1CN1C(=O)NC(C)(c2ccccc2)C1=O. The van der Waals surface area contributed by atoms with Gasteiger partial charge in [0.2, 0.25) is 0 Å². The van der Waals surface area contributed by atoms with Gasteiger partial charge in [-0.3, -0.25) is 14.5 Å². The second-order valence-corrected chi connectivity index (χ2v) is 6.40. The smallest absolute Gasteiger partial charge is 0.325 e. The predicted octanol–water partition coefficient (Wildman–Crippen LogP) is 2.87. The minimum atomic E-state index is -1.12. The van der Waals surface area contributed by atoms with Gasteiger partial charge < -0.3 is 10.1 Å². The third kappa shape index (κ3) is 2.94. The number of imide groups is 1. The lowest BCUT2D eigenvalue weighted by Crippen LogP contribution is -2.40. The highest BCUT2D eigenvalue weighted by atomic mass is 16.5. The van der Waals surface area contributed by atoms with Crippen LogP contribution < -0.4 is 10.1 Å². The molecule has 6 nitrogen and oxygen atoms in total. The van der Waals surface area contributed by atoms with Crippen LogP contribution in [0.25, 0.3) is 0 Å².